The largest absolute Gasteiger partial charge is 0.347 e. The summed E-state index contributed by atoms with van der Waals surface area (Å²) < 4.78 is 0. The monoisotopic (exact) mass is 568 g/mol. The van der Waals surface area contributed by atoms with Crippen LogP contribution in [-0.4, -0.2) is 54.3 Å². The number of nitrogens with zero attached hydrogens (tertiary/aromatic N) is 1. The maximum atomic E-state index is 13.6. The van der Waals surface area contributed by atoms with Gasteiger partial charge in [-0.25, -0.2) is 0 Å². The molecule has 3 aromatic carbocycles. The number of carbonyl (C=O) groups excluding carboxylic acids is 3. The van der Waals surface area contributed by atoms with Crippen LogP contribution in [-0.2, 0) is 11.2 Å². The second-order valence-corrected chi connectivity index (χ2v) is 11.3. The predicted octanol–water partition coefficient (Wildman–Crippen LogP) is 5.61. The number of piperidine rings is 1. The van der Waals surface area contributed by atoms with E-state index in [2.05, 4.69) is 41.9 Å². The van der Waals surface area contributed by atoms with Crippen molar-refractivity contribution < 1.29 is 14.4 Å². The molecule has 1 aliphatic heterocycles. The lowest BCUT2D eigenvalue weighted by molar-refractivity contribution is -0.121. The Morgan fingerprint density at radius 2 is 1.60 bits per heavy atom. The van der Waals surface area contributed by atoms with Crippen LogP contribution in [0.25, 0.3) is 0 Å². The van der Waals surface area contributed by atoms with Gasteiger partial charge in [-0.1, -0.05) is 67.9 Å². The first kappa shape index (κ1) is 31.0. The molecule has 1 aliphatic rings. The fourth-order valence-electron chi connectivity index (χ4n) is 5.62. The smallest absolute Gasteiger partial charge is 0.253 e. The highest BCUT2D eigenvalue weighted by Crippen LogP contribution is 2.23. The van der Waals surface area contributed by atoms with Crippen LogP contribution in [0.3, 0.4) is 0 Å². The van der Waals surface area contributed by atoms with Crippen LogP contribution in [0.4, 0.5) is 5.69 Å². The van der Waals surface area contributed by atoms with Crippen molar-refractivity contribution in [1.29, 1.82) is 0 Å². The number of rotatable bonds is 12. The number of hydrogen-bond acceptors (Lipinski definition) is 4. The molecule has 3 atom stereocenters. The standard InChI is InChI=1S/C35H44N4O3/c1-4-20-39(21-5-2)35(42)29-13-9-12-27(23-29)34(41)38-32(22-26-10-7-6-8-11-26)31-24-28(18-19-36-31)33(40)37-30-16-14-25(3)15-17-30/h6-17,23,28,31-32,36H,4-5,18-22,24H2,1-3H3,(H,37,40)(H,38,41)/t28-,31+,32+/m1/s1. The molecule has 1 saturated heterocycles. The molecule has 1 heterocycles. The summed E-state index contributed by atoms with van der Waals surface area (Å²) in [5, 5.41) is 9.89. The molecule has 0 unspecified atom stereocenters. The van der Waals surface area contributed by atoms with Crippen molar-refractivity contribution in [2.75, 3.05) is 25.0 Å². The van der Waals surface area contributed by atoms with Crippen molar-refractivity contribution in [2.45, 2.75) is 65.0 Å². The Balaban J connectivity index is 1.50. The Kier molecular flexibility index (Phi) is 11.3. The lowest BCUT2D eigenvalue weighted by Gasteiger charge is -2.35. The van der Waals surface area contributed by atoms with Gasteiger partial charge < -0.3 is 20.9 Å². The third-order valence-electron chi connectivity index (χ3n) is 7.87. The van der Waals surface area contributed by atoms with E-state index < -0.39 is 0 Å². The molecule has 42 heavy (non-hydrogen) atoms. The van der Waals surface area contributed by atoms with Crippen LogP contribution >= 0.6 is 0 Å². The number of carbonyl (C=O) groups is 3. The number of anilines is 1. The minimum Gasteiger partial charge on any atom is -0.347 e. The third kappa shape index (κ3) is 8.52. The third-order valence-corrected chi connectivity index (χ3v) is 7.87. The number of nitrogens with one attached hydrogen (secondary N) is 3. The van der Waals surface area contributed by atoms with Crippen LogP contribution in [0.2, 0.25) is 0 Å². The zero-order valence-corrected chi connectivity index (χ0v) is 25.1. The molecule has 3 aromatic rings. The van der Waals surface area contributed by atoms with Crippen LogP contribution < -0.4 is 16.0 Å². The molecule has 0 radical (unpaired) electrons. The van der Waals surface area contributed by atoms with Gasteiger partial charge in [0, 0.05) is 47.9 Å². The Morgan fingerprint density at radius 1 is 0.905 bits per heavy atom. The van der Waals surface area contributed by atoms with Crippen LogP contribution in [0, 0.1) is 12.8 Å². The molecule has 7 heteroatoms. The fraction of sp³-hybridized carbons (Fsp3) is 0.400. The first-order valence-electron chi connectivity index (χ1n) is 15.2. The molecule has 7 nitrogen and oxygen atoms in total. The maximum Gasteiger partial charge on any atom is 0.253 e. The van der Waals surface area contributed by atoms with Gasteiger partial charge in [-0.15, -0.1) is 0 Å². The number of benzene rings is 3. The second kappa shape index (κ2) is 15.3. The topological polar surface area (TPSA) is 90.5 Å². The Morgan fingerprint density at radius 3 is 2.29 bits per heavy atom. The molecule has 3 amide bonds. The molecule has 0 bridgehead atoms. The van der Waals surface area contributed by atoms with E-state index in [4.69, 9.17) is 0 Å². The van der Waals surface area contributed by atoms with Crippen LogP contribution in [0.1, 0.15) is 71.4 Å². The Hall–Kier alpha value is -3.97. The average Bonchev–Trinajstić information content (AvgIpc) is 3.02. The molecule has 3 N–H and O–H groups in total. The summed E-state index contributed by atoms with van der Waals surface area (Å²) in [5.74, 6) is -0.441. The van der Waals surface area contributed by atoms with Gasteiger partial charge in [0.1, 0.15) is 0 Å². The van der Waals surface area contributed by atoms with E-state index in [1.54, 1.807) is 24.3 Å². The second-order valence-electron chi connectivity index (χ2n) is 11.3. The molecule has 222 valence electrons. The van der Waals surface area contributed by atoms with Gasteiger partial charge in [-0.2, -0.15) is 0 Å². The van der Waals surface area contributed by atoms with Gasteiger partial charge in [0.25, 0.3) is 11.8 Å². The van der Waals surface area contributed by atoms with E-state index in [9.17, 15) is 14.4 Å². The summed E-state index contributed by atoms with van der Waals surface area (Å²) >= 11 is 0. The van der Waals surface area contributed by atoms with Gasteiger partial charge in [0.15, 0.2) is 0 Å². The summed E-state index contributed by atoms with van der Waals surface area (Å²) in [7, 11) is 0. The quantitative estimate of drug-likeness (QED) is 0.265. The molecule has 1 fully saturated rings. The van der Waals surface area contributed by atoms with Crippen molar-refractivity contribution in [3.8, 4) is 0 Å². The Labute approximate surface area is 250 Å². The summed E-state index contributed by atoms with van der Waals surface area (Å²) in [5.41, 5.74) is 4.02. The zero-order valence-electron chi connectivity index (χ0n) is 25.1. The number of amides is 3. The number of hydrogen-bond donors (Lipinski definition) is 3. The molecule has 0 saturated carbocycles. The summed E-state index contributed by atoms with van der Waals surface area (Å²) in [6, 6.07) is 24.6. The van der Waals surface area contributed by atoms with Crippen molar-refractivity contribution in [1.82, 2.24) is 15.5 Å². The number of aryl methyl sites for hydroxylation is 1. The lowest BCUT2D eigenvalue weighted by Crippen LogP contribution is -2.55. The van der Waals surface area contributed by atoms with Crippen molar-refractivity contribution in [2.24, 2.45) is 5.92 Å². The summed E-state index contributed by atoms with van der Waals surface area (Å²) in [6.45, 7) is 8.20. The summed E-state index contributed by atoms with van der Waals surface area (Å²) in [4.78, 5) is 41.9. The summed E-state index contributed by atoms with van der Waals surface area (Å²) in [6.07, 6.45) is 3.72. The molecule has 4 rings (SSSR count). The average molecular weight is 569 g/mol. The van der Waals surface area contributed by atoms with Gasteiger partial charge in [-0.3, -0.25) is 14.4 Å². The van der Waals surface area contributed by atoms with E-state index in [-0.39, 0.29) is 35.7 Å². The minimum atomic E-state index is -0.245. The Bertz CT molecular complexity index is 1320. The van der Waals surface area contributed by atoms with E-state index in [0.29, 0.717) is 43.6 Å². The molecular weight excluding hydrogens is 524 g/mol. The fourth-order valence-corrected chi connectivity index (χ4v) is 5.62. The van der Waals surface area contributed by atoms with Crippen molar-refractivity contribution in [3.63, 3.8) is 0 Å². The van der Waals surface area contributed by atoms with Crippen molar-refractivity contribution in [3.05, 3.63) is 101 Å². The van der Waals surface area contributed by atoms with Gasteiger partial charge in [-0.05, 0) is 81.5 Å². The molecule has 0 aliphatic carbocycles. The van der Waals surface area contributed by atoms with Gasteiger partial charge in [0.2, 0.25) is 5.91 Å². The van der Waals surface area contributed by atoms with E-state index in [0.717, 1.165) is 36.1 Å². The zero-order chi connectivity index (χ0) is 29.9. The lowest BCUT2D eigenvalue weighted by atomic mass is 9.85. The highest BCUT2D eigenvalue weighted by molar-refractivity contribution is 6.00. The van der Waals surface area contributed by atoms with E-state index in [1.807, 2.05) is 54.3 Å². The molecule has 0 aromatic heterocycles. The van der Waals surface area contributed by atoms with E-state index in [1.165, 1.54) is 0 Å². The first-order chi connectivity index (χ1) is 20.4. The van der Waals surface area contributed by atoms with E-state index >= 15 is 0 Å². The van der Waals surface area contributed by atoms with Crippen LogP contribution in [0.15, 0.2) is 78.9 Å². The van der Waals surface area contributed by atoms with Crippen LogP contribution in [0.5, 0.6) is 0 Å². The predicted molar refractivity (Wildman–Crippen MR) is 169 cm³/mol. The normalized spacial score (nSPS) is 17.2. The first-order valence-corrected chi connectivity index (χ1v) is 15.2. The highest BCUT2D eigenvalue weighted by Gasteiger charge is 2.33. The van der Waals surface area contributed by atoms with Gasteiger partial charge in [0.05, 0.1) is 0 Å². The minimum absolute atomic E-state index is 0.00469. The SMILES string of the molecule is CCCN(CCC)C(=O)c1cccc(C(=O)N[C@@H](Cc2ccccc2)[C@@H]2C[C@H](C(=O)Nc3ccc(C)cc3)CCN2)c1. The van der Waals surface area contributed by atoms with Crippen molar-refractivity contribution >= 4 is 23.4 Å². The molecule has 0 spiro atoms. The molecular formula is C35H44N4O3. The maximum absolute atomic E-state index is 13.6. The highest BCUT2D eigenvalue weighted by atomic mass is 16.2. The van der Waals surface area contributed by atoms with Gasteiger partial charge >= 0.3 is 0 Å².